The van der Waals surface area contributed by atoms with Gasteiger partial charge in [0.1, 0.15) is 17.5 Å². The second-order valence-corrected chi connectivity index (χ2v) is 6.37. The van der Waals surface area contributed by atoms with Crippen LogP contribution in [0.5, 0.6) is 0 Å². The van der Waals surface area contributed by atoms with Crippen molar-refractivity contribution in [3.8, 4) is 0 Å². The van der Waals surface area contributed by atoms with Crippen LogP contribution < -0.4 is 11.1 Å². The standard InChI is InChI=1S/C16H28N4/c1-4-12-5-7-13(8-6-12)10-18-15-9-14(17)19-16(20-15)11(2)3/h9,11-13H,4-8,10H2,1-3H3,(H3,17,18,19,20). The Labute approximate surface area is 122 Å². The highest BCUT2D eigenvalue weighted by Crippen LogP contribution is 2.30. The molecule has 0 amide bonds. The van der Waals surface area contributed by atoms with Gasteiger partial charge in [-0.05, 0) is 24.7 Å². The SMILES string of the molecule is CCC1CCC(CNc2cc(N)nc(C(C)C)n2)CC1. The Morgan fingerprint density at radius 3 is 2.45 bits per heavy atom. The fourth-order valence-corrected chi connectivity index (χ4v) is 2.93. The Morgan fingerprint density at radius 2 is 1.85 bits per heavy atom. The van der Waals surface area contributed by atoms with Crippen molar-refractivity contribution in [2.24, 2.45) is 11.8 Å². The van der Waals surface area contributed by atoms with Crippen molar-refractivity contribution < 1.29 is 0 Å². The number of nitrogens with two attached hydrogens (primary N) is 1. The number of hydrogen-bond acceptors (Lipinski definition) is 4. The molecule has 2 rings (SSSR count). The lowest BCUT2D eigenvalue weighted by atomic mass is 9.81. The van der Waals surface area contributed by atoms with Gasteiger partial charge in [0.2, 0.25) is 0 Å². The van der Waals surface area contributed by atoms with Crippen LogP contribution in [0.3, 0.4) is 0 Å². The van der Waals surface area contributed by atoms with Crippen LogP contribution in [0, 0.1) is 11.8 Å². The first-order chi connectivity index (χ1) is 9.58. The third kappa shape index (κ3) is 4.09. The van der Waals surface area contributed by atoms with Gasteiger partial charge in [0, 0.05) is 18.5 Å². The van der Waals surface area contributed by atoms with Crippen LogP contribution in [0.1, 0.15) is 64.6 Å². The third-order valence-corrected chi connectivity index (χ3v) is 4.40. The van der Waals surface area contributed by atoms with E-state index in [1.807, 2.05) is 6.07 Å². The summed E-state index contributed by atoms with van der Waals surface area (Å²) in [6.45, 7) is 7.49. The van der Waals surface area contributed by atoms with Gasteiger partial charge in [-0.2, -0.15) is 0 Å². The Morgan fingerprint density at radius 1 is 1.20 bits per heavy atom. The van der Waals surface area contributed by atoms with Gasteiger partial charge in [-0.15, -0.1) is 0 Å². The fraction of sp³-hybridized carbons (Fsp3) is 0.750. The molecule has 20 heavy (non-hydrogen) atoms. The topological polar surface area (TPSA) is 63.8 Å². The maximum Gasteiger partial charge on any atom is 0.135 e. The van der Waals surface area contributed by atoms with E-state index in [9.17, 15) is 0 Å². The van der Waals surface area contributed by atoms with Crippen LogP contribution in [0.25, 0.3) is 0 Å². The molecule has 0 bridgehead atoms. The molecule has 1 heterocycles. The summed E-state index contributed by atoms with van der Waals surface area (Å²) in [6, 6.07) is 1.84. The van der Waals surface area contributed by atoms with Gasteiger partial charge < -0.3 is 11.1 Å². The molecule has 1 aliphatic rings. The summed E-state index contributed by atoms with van der Waals surface area (Å²) >= 11 is 0. The zero-order valence-corrected chi connectivity index (χ0v) is 13.0. The van der Waals surface area contributed by atoms with Crippen molar-refractivity contribution >= 4 is 11.6 Å². The van der Waals surface area contributed by atoms with E-state index in [-0.39, 0.29) is 0 Å². The summed E-state index contributed by atoms with van der Waals surface area (Å²) in [7, 11) is 0. The molecule has 1 aromatic heterocycles. The Bertz CT molecular complexity index is 422. The lowest BCUT2D eigenvalue weighted by Gasteiger charge is -2.28. The van der Waals surface area contributed by atoms with Crippen molar-refractivity contribution in [2.45, 2.75) is 58.8 Å². The molecule has 4 nitrogen and oxygen atoms in total. The molecule has 1 aliphatic carbocycles. The van der Waals surface area contributed by atoms with E-state index >= 15 is 0 Å². The van der Waals surface area contributed by atoms with E-state index in [2.05, 4.69) is 36.1 Å². The van der Waals surface area contributed by atoms with Crippen molar-refractivity contribution in [3.05, 3.63) is 11.9 Å². The number of nitrogen functional groups attached to an aromatic ring is 1. The van der Waals surface area contributed by atoms with Gasteiger partial charge in [0.25, 0.3) is 0 Å². The molecule has 0 aliphatic heterocycles. The maximum atomic E-state index is 5.85. The molecule has 112 valence electrons. The van der Waals surface area contributed by atoms with Gasteiger partial charge in [-0.1, -0.05) is 40.0 Å². The molecule has 1 aromatic rings. The van der Waals surface area contributed by atoms with E-state index in [0.29, 0.717) is 11.7 Å². The number of rotatable bonds is 5. The molecule has 0 spiro atoms. The predicted molar refractivity (Wildman–Crippen MR) is 84.8 cm³/mol. The molecular formula is C16H28N4. The first kappa shape index (κ1) is 15.1. The van der Waals surface area contributed by atoms with Crippen LogP contribution >= 0.6 is 0 Å². The van der Waals surface area contributed by atoms with Gasteiger partial charge in [0.05, 0.1) is 0 Å². The lowest BCUT2D eigenvalue weighted by Crippen LogP contribution is -2.21. The Hall–Kier alpha value is -1.32. The van der Waals surface area contributed by atoms with Crippen molar-refractivity contribution in [2.75, 3.05) is 17.6 Å². The number of aromatic nitrogens is 2. The van der Waals surface area contributed by atoms with E-state index in [1.165, 1.54) is 32.1 Å². The number of nitrogens with one attached hydrogen (secondary N) is 1. The highest BCUT2D eigenvalue weighted by Gasteiger charge is 2.19. The van der Waals surface area contributed by atoms with Gasteiger partial charge >= 0.3 is 0 Å². The minimum atomic E-state index is 0.305. The molecule has 4 heteroatoms. The quantitative estimate of drug-likeness (QED) is 0.858. The van der Waals surface area contributed by atoms with Crippen molar-refractivity contribution in [3.63, 3.8) is 0 Å². The monoisotopic (exact) mass is 276 g/mol. The lowest BCUT2D eigenvalue weighted by molar-refractivity contribution is 0.278. The summed E-state index contributed by atoms with van der Waals surface area (Å²) in [5.74, 6) is 4.28. The Balaban J connectivity index is 1.88. The fourth-order valence-electron chi connectivity index (χ4n) is 2.93. The highest BCUT2D eigenvalue weighted by molar-refractivity contribution is 5.44. The second-order valence-electron chi connectivity index (χ2n) is 6.37. The van der Waals surface area contributed by atoms with Gasteiger partial charge in [-0.3, -0.25) is 0 Å². The van der Waals surface area contributed by atoms with Crippen molar-refractivity contribution in [1.82, 2.24) is 9.97 Å². The van der Waals surface area contributed by atoms with Crippen LogP contribution in [0.15, 0.2) is 6.07 Å². The van der Waals surface area contributed by atoms with Crippen LogP contribution in [-0.2, 0) is 0 Å². The summed E-state index contributed by atoms with van der Waals surface area (Å²) in [6.07, 6.45) is 6.77. The van der Waals surface area contributed by atoms with Gasteiger partial charge in [0.15, 0.2) is 0 Å². The maximum absolute atomic E-state index is 5.85. The van der Waals surface area contributed by atoms with E-state index in [1.54, 1.807) is 0 Å². The summed E-state index contributed by atoms with van der Waals surface area (Å²) in [5, 5.41) is 3.45. The zero-order valence-electron chi connectivity index (χ0n) is 13.0. The second kappa shape index (κ2) is 6.91. The van der Waals surface area contributed by atoms with Crippen molar-refractivity contribution in [1.29, 1.82) is 0 Å². The first-order valence-corrected chi connectivity index (χ1v) is 7.96. The third-order valence-electron chi connectivity index (χ3n) is 4.40. The number of hydrogen-bond donors (Lipinski definition) is 2. The minimum Gasteiger partial charge on any atom is -0.384 e. The number of nitrogens with zero attached hydrogens (tertiary/aromatic N) is 2. The van der Waals surface area contributed by atoms with E-state index in [4.69, 9.17) is 5.73 Å². The molecule has 0 unspecified atom stereocenters. The van der Waals surface area contributed by atoms with Crippen LogP contribution in [-0.4, -0.2) is 16.5 Å². The molecule has 0 radical (unpaired) electrons. The van der Waals surface area contributed by atoms with E-state index in [0.717, 1.165) is 30.0 Å². The van der Waals surface area contributed by atoms with Gasteiger partial charge in [-0.25, -0.2) is 9.97 Å². The molecule has 1 saturated carbocycles. The molecule has 0 atom stereocenters. The van der Waals surface area contributed by atoms with Crippen LogP contribution in [0.2, 0.25) is 0 Å². The minimum absolute atomic E-state index is 0.305. The highest BCUT2D eigenvalue weighted by atomic mass is 15.1. The summed E-state index contributed by atoms with van der Waals surface area (Å²) < 4.78 is 0. The summed E-state index contributed by atoms with van der Waals surface area (Å²) in [5.41, 5.74) is 5.85. The van der Waals surface area contributed by atoms with E-state index < -0.39 is 0 Å². The Kier molecular flexibility index (Phi) is 5.21. The smallest absolute Gasteiger partial charge is 0.135 e. The zero-order chi connectivity index (χ0) is 14.5. The largest absolute Gasteiger partial charge is 0.384 e. The predicted octanol–water partition coefficient (Wildman–Crippen LogP) is 3.81. The first-order valence-electron chi connectivity index (χ1n) is 7.96. The normalized spacial score (nSPS) is 23.0. The molecular weight excluding hydrogens is 248 g/mol. The summed E-state index contributed by atoms with van der Waals surface area (Å²) in [4.78, 5) is 8.82. The average Bonchev–Trinajstić information content (AvgIpc) is 2.45. The van der Waals surface area contributed by atoms with Crippen LogP contribution in [0.4, 0.5) is 11.6 Å². The molecule has 0 aromatic carbocycles. The average molecular weight is 276 g/mol. The molecule has 1 fully saturated rings. The molecule has 3 N–H and O–H groups in total. The molecule has 0 saturated heterocycles. The number of anilines is 2.